The monoisotopic (exact) mass is 380 g/mol. The lowest BCUT2D eigenvalue weighted by Gasteiger charge is -2.43. The molecule has 2 bridgehead atoms. The number of aliphatic hydroxyl groups excluding tert-OH is 1. The summed E-state index contributed by atoms with van der Waals surface area (Å²) in [6.07, 6.45) is 0.0752. The molecule has 0 saturated carbocycles. The lowest BCUT2D eigenvalue weighted by molar-refractivity contribution is -0.164. The summed E-state index contributed by atoms with van der Waals surface area (Å²) in [5, 5.41) is 10.6. The maximum atomic E-state index is 13.2. The van der Waals surface area contributed by atoms with E-state index in [-0.39, 0.29) is 11.8 Å². The van der Waals surface area contributed by atoms with Gasteiger partial charge < -0.3 is 19.6 Å². The van der Waals surface area contributed by atoms with Crippen LogP contribution in [0.2, 0.25) is 0 Å². The first-order chi connectivity index (χ1) is 13.6. The van der Waals surface area contributed by atoms with E-state index >= 15 is 0 Å². The summed E-state index contributed by atoms with van der Waals surface area (Å²) in [4.78, 5) is 29.6. The molecule has 1 N–H and O–H groups in total. The van der Waals surface area contributed by atoms with Gasteiger partial charge in [0, 0.05) is 13.1 Å². The fraction of sp³-hybridized carbons (Fsp3) is 0.364. The Bertz CT molecular complexity index is 853. The number of fused-ring (bicyclic) bond motifs is 4. The maximum absolute atomic E-state index is 13.2. The van der Waals surface area contributed by atoms with Crippen molar-refractivity contribution >= 4 is 11.8 Å². The number of ether oxygens (including phenoxy) is 1. The lowest BCUT2D eigenvalue weighted by atomic mass is 10.0. The molecule has 3 heterocycles. The van der Waals surface area contributed by atoms with E-state index in [1.807, 2.05) is 54.6 Å². The summed E-state index contributed by atoms with van der Waals surface area (Å²) >= 11 is 0. The summed E-state index contributed by atoms with van der Waals surface area (Å²) in [5.74, 6) is 0.470. The molecule has 0 unspecified atom stereocenters. The highest BCUT2D eigenvalue weighted by molar-refractivity contribution is 5.98. The molecule has 0 aromatic heterocycles. The highest BCUT2D eigenvalue weighted by Gasteiger charge is 2.51. The van der Waals surface area contributed by atoms with Crippen molar-refractivity contribution in [2.24, 2.45) is 0 Å². The van der Waals surface area contributed by atoms with Gasteiger partial charge in [-0.2, -0.15) is 0 Å². The van der Waals surface area contributed by atoms with E-state index in [1.54, 1.807) is 16.9 Å². The molecule has 3 saturated heterocycles. The van der Waals surface area contributed by atoms with Gasteiger partial charge in [-0.25, -0.2) is 0 Å². The van der Waals surface area contributed by atoms with Gasteiger partial charge in [0.05, 0.1) is 13.2 Å². The zero-order chi connectivity index (χ0) is 19.7. The molecule has 2 amide bonds. The van der Waals surface area contributed by atoms with Crippen LogP contribution in [0.25, 0.3) is 0 Å². The van der Waals surface area contributed by atoms with Crippen molar-refractivity contribution in [1.82, 2.24) is 9.80 Å². The molecular weight excluding hydrogens is 356 g/mol. The van der Waals surface area contributed by atoms with Crippen LogP contribution in [0.1, 0.15) is 24.0 Å². The molecule has 28 heavy (non-hydrogen) atoms. The van der Waals surface area contributed by atoms with Crippen LogP contribution in [0.5, 0.6) is 5.75 Å². The molecule has 0 radical (unpaired) electrons. The average Bonchev–Trinajstić information content (AvgIpc) is 2.91. The number of methoxy groups -OCH3 is 1. The number of amides is 2. The third kappa shape index (κ3) is 3.36. The van der Waals surface area contributed by atoms with Crippen LogP contribution in [-0.4, -0.2) is 52.0 Å². The molecule has 3 atom stereocenters. The van der Waals surface area contributed by atoms with Crippen LogP contribution in [-0.2, 0) is 22.7 Å². The van der Waals surface area contributed by atoms with Crippen LogP contribution in [0.15, 0.2) is 54.6 Å². The van der Waals surface area contributed by atoms with Crippen LogP contribution in [0.4, 0.5) is 0 Å². The highest BCUT2D eigenvalue weighted by Crippen LogP contribution is 2.32. The molecular formula is C22H24N2O4. The van der Waals surface area contributed by atoms with Crippen molar-refractivity contribution in [2.45, 2.75) is 44.1 Å². The predicted molar refractivity (Wildman–Crippen MR) is 103 cm³/mol. The Morgan fingerprint density at radius 1 is 0.893 bits per heavy atom. The van der Waals surface area contributed by atoms with Gasteiger partial charge in [0.25, 0.3) is 0 Å². The van der Waals surface area contributed by atoms with Crippen molar-refractivity contribution in [3.8, 4) is 5.75 Å². The number of benzene rings is 2. The molecule has 2 aromatic carbocycles. The molecule has 3 aliphatic rings. The number of nitrogens with zero attached hydrogens (tertiary/aromatic N) is 2. The fourth-order valence-electron chi connectivity index (χ4n) is 4.13. The van der Waals surface area contributed by atoms with Crippen molar-refractivity contribution in [3.05, 3.63) is 65.7 Å². The van der Waals surface area contributed by atoms with Gasteiger partial charge in [-0.05, 0) is 36.1 Å². The van der Waals surface area contributed by atoms with Crippen LogP contribution in [0.3, 0.4) is 0 Å². The van der Waals surface area contributed by atoms with Gasteiger partial charge in [-0.3, -0.25) is 9.59 Å². The second-order valence-electron chi connectivity index (χ2n) is 7.37. The van der Waals surface area contributed by atoms with Crippen LogP contribution >= 0.6 is 0 Å². The van der Waals surface area contributed by atoms with E-state index in [1.165, 1.54) is 0 Å². The Labute approximate surface area is 164 Å². The van der Waals surface area contributed by atoms with E-state index in [0.29, 0.717) is 25.9 Å². The van der Waals surface area contributed by atoms with Crippen molar-refractivity contribution < 1.29 is 19.4 Å². The maximum Gasteiger partial charge on any atom is 0.249 e. The predicted octanol–water partition coefficient (Wildman–Crippen LogP) is 1.96. The summed E-state index contributed by atoms with van der Waals surface area (Å²) < 4.78 is 5.17. The van der Waals surface area contributed by atoms with Crippen molar-refractivity contribution in [1.29, 1.82) is 0 Å². The van der Waals surface area contributed by atoms with Gasteiger partial charge in [0.1, 0.15) is 17.8 Å². The van der Waals surface area contributed by atoms with Gasteiger partial charge in [-0.15, -0.1) is 0 Å². The normalized spacial score (nSPS) is 24.4. The molecule has 3 aliphatic heterocycles. The first-order valence-corrected chi connectivity index (χ1v) is 9.54. The van der Waals surface area contributed by atoms with Gasteiger partial charge in [-0.1, -0.05) is 42.5 Å². The summed E-state index contributed by atoms with van der Waals surface area (Å²) in [7, 11) is 1.60. The molecule has 6 heteroatoms. The summed E-state index contributed by atoms with van der Waals surface area (Å²) in [5.41, 5.74) is 1.88. The SMILES string of the molecule is COc1ccc(CN2C(=O)[C@H]3CC[C@H](O)[C@@H]2C(=O)N3Cc2ccccc2)cc1. The van der Waals surface area contributed by atoms with Crippen molar-refractivity contribution in [3.63, 3.8) is 0 Å². The Morgan fingerprint density at radius 2 is 1.54 bits per heavy atom. The van der Waals surface area contributed by atoms with Crippen molar-refractivity contribution in [2.75, 3.05) is 7.11 Å². The number of aliphatic hydroxyl groups is 1. The second-order valence-corrected chi connectivity index (χ2v) is 7.37. The van der Waals surface area contributed by atoms with E-state index in [9.17, 15) is 14.7 Å². The van der Waals surface area contributed by atoms with E-state index in [2.05, 4.69) is 0 Å². The van der Waals surface area contributed by atoms with Gasteiger partial charge in [0.15, 0.2) is 0 Å². The molecule has 6 nitrogen and oxygen atoms in total. The molecule has 0 aliphatic carbocycles. The first kappa shape index (κ1) is 18.5. The Hall–Kier alpha value is -2.86. The summed E-state index contributed by atoms with van der Waals surface area (Å²) in [6, 6.07) is 15.7. The Kier molecular flexibility index (Phi) is 5.05. The molecule has 0 spiro atoms. The standard InChI is InChI=1S/C22H24N2O4/c1-28-17-9-7-16(8-10-17)14-24-20-19(25)12-11-18(21(24)26)23(22(20)27)13-15-5-3-2-4-6-15/h2-10,18-20,25H,11-14H2,1H3/t18-,19+,20-/m1/s1. The van der Waals surface area contributed by atoms with Crippen LogP contribution < -0.4 is 4.74 Å². The lowest BCUT2D eigenvalue weighted by Crippen LogP contribution is -2.64. The summed E-state index contributed by atoms with van der Waals surface area (Å²) in [6.45, 7) is 0.682. The number of hydrogen-bond donors (Lipinski definition) is 1. The minimum absolute atomic E-state index is 0.0899. The van der Waals surface area contributed by atoms with Gasteiger partial charge in [0.2, 0.25) is 11.8 Å². The zero-order valence-corrected chi connectivity index (χ0v) is 15.8. The minimum Gasteiger partial charge on any atom is -0.497 e. The number of carbonyl (C=O) groups is 2. The second kappa shape index (κ2) is 7.64. The smallest absolute Gasteiger partial charge is 0.249 e. The van der Waals surface area contributed by atoms with Crippen LogP contribution in [0, 0.1) is 0 Å². The van der Waals surface area contributed by atoms with Gasteiger partial charge >= 0.3 is 0 Å². The highest BCUT2D eigenvalue weighted by atomic mass is 16.5. The molecule has 5 rings (SSSR count). The Balaban J connectivity index is 1.60. The first-order valence-electron chi connectivity index (χ1n) is 9.54. The fourth-order valence-corrected chi connectivity index (χ4v) is 4.13. The average molecular weight is 380 g/mol. The zero-order valence-electron chi connectivity index (χ0n) is 15.8. The largest absolute Gasteiger partial charge is 0.497 e. The topological polar surface area (TPSA) is 70.1 Å². The number of hydrogen-bond acceptors (Lipinski definition) is 4. The minimum atomic E-state index is -0.847. The molecule has 3 fully saturated rings. The van der Waals surface area contributed by atoms with E-state index in [0.717, 1.165) is 16.9 Å². The number of rotatable bonds is 5. The van der Waals surface area contributed by atoms with E-state index in [4.69, 9.17) is 4.74 Å². The van der Waals surface area contributed by atoms with E-state index < -0.39 is 18.2 Å². The Morgan fingerprint density at radius 3 is 2.21 bits per heavy atom. The third-order valence-corrected chi connectivity index (χ3v) is 5.62. The number of carbonyl (C=O) groups excluding carboxylic acids is 2. The quantitative estimate of drug-likeness (QED) is 0.861. The molecule has 146 valence electrons. The molecule has 2 aromatic rings. The number of piperazine rings is 1. The third-order valence-electron chi connectivity index (χ3n) is 5.62.